The number of likely N-dealkylation sites (tertiary alicyclic amines) is 1. The normalized spacial score (nSPS) is 15.0. The lowest BCUT2D eigenvalue weighted by molar-refractivity contribution is -0.132. The van der Waals surface area contributed by atoms with Crippen LogP contribution in [0.1, 0.15) is 30.4 Å². The third kappa shape index (κ3) is 5.21. The molecule has 2 aromatic rings. The van der Waals surface area contributed by atoms with Gasteiger partial charge in [0.05, 0.1) is 11.4 Å². The number of amides is 1. The summed E-state index contributed by atoms with van der Waals surface area (Å²) in [6.45, 7) is 3.33. The van der Waals surface area contributed by atoms with Gasteiger partial charge in [0.15, 0.2) is 0 Å². The first kappa shape index (κ1) is 21.0. The van der Waals surface area contributed by atoms with Crippen molar-refractivity contribution in [2.75, 3.05) is 19.6 Å². The summed E-state index contributed by atoms with van der Waals surface area (Å²) >= 11 is 3.39. The lowest BCUT2D eigenvalue weighted by Crippen LogP contribution is -2.44. The fourth-order valence-electron chi connectivity index (χ4n) is 3.27. The van der Waals surface area contributed by atoms with Crippen LogP contribution in [-0.4, -0.2) is 43.2 Å². The van der Waals surface area contributed by atoms with Crippen molar-refractivity contribution in [3.63, 3.8) is 0 Å². The summed E-state index contributed by atoms with van der Waals surface area (Å²) in [7, 11) is -3.79. The molecule has 3 rings (SSSR count). The van der Waals surface area contributed by atoms with Gasteiger partial charge in [-0.05, 0) is 56.0 Å². The highest BCUT2D eigenvalue weighted by atomic mass is 79.9. The second-order valence-corrected chi connectivity index (χ2v) is 10.0. The largest absolute Gasteiger partial charge is 0.342 e. The molecule has 0 atom stereocenters. The van der Waals surface area contributed by atoms with Gasteiger partial charge in [0, 0.05) is 24.1 Å². The van der Waals surface area contributed by atoms with Gasteiger partial charge in [0.1, 0.15) is 0 Å². The van der Waals surface area contributed by atoms with Crippen molar-refractivity contribution in [2.24, 2.45) is 0 Å². The van der Waals surface area contributed by atoms with Crippen LogP contribution in [0, 0.1) is 6.92 Å². The molecule has 5 nitrogen and oxygen atoms in total. The van der Waals surface area contributed by atoms with Gasteiger partial charge in [0.2, 0.25) is 15.9 Å². The van der Waals surface area contributed by atoms with Crippen molar-refractivity contribution in [1.82, 2.24) is 9.21 Å². The third-order valence-corrected chi connectivity index (χ3v) is 7.29. The summed E-state index contributed by atoms with van der Waals surface area (Å²) in [5, 5.41) is 0. The van der Waals surface area contributed by atoms with E-state index in [0.29, 0.717) is 13.1 Å². The molecule has 0 spiro atoms. The van der Waals surface area contributed by atoms with Crippen LogP contribution in [0.3, 0.4) is 0 Å². The van der Waals surface area contributed by atoms with Crippen LogP contribution < -0.4 is 0 Å². The minimum atomic E-state index is -3.79. The fourth-order valence-corrected chi connectivity index (χ4v) is 4.91. The average molecular weight is 465 g/mol. The number of piperidine rings is 1. The maximum absolute atomic E-state index is 13.3. The highest BCUT2D eigenvalue weighted by molar-refractivity contribution is 9.10. The van der Waals surface area contributed by atoms with Crippen molar-refractivity contribution in [3.8, 4) is 0 Å². The Morgan fingerprint density at radius 3 is 2.21 bits per heavy atom. The molecule has 0 saturated carbocycles. The number of halogens is 1. The highest BCUT2D eigenvalue weighted by Crippen LogP contribution is 2.21. The molecule has 150 valence electrons. The van der Waals surface area contributed by atoms with Crippen LogP contribution in [-0.2, 0) is 21.4 Å². The van der Waals surface area contributed by atoms with Crippen molar-refractivity contribution in [1.29, 1.82) is 0 Å². The zero-order valence-corrected chi connectivity index (χ0v) is 18.4. The van der Waals surface area contributed by atoms with E-state index in [2.05, 4.69) is 15.9 Å². The Kier molecular flexibility index (Phi) is 6.91. The van der Waals surface area contributed by atoms with E-state index in [9.17, 15) is 13.2 Å². The molecule has 2 aromatic carbocycles. The maximum Gasteiger partial charge on any atom is 0.243 e. The quantitative estimate of drug-likeness (QED) is 0.649. The summed E-state index contributed by atoms with van der Waals surface area (Å²) < 4.78 is 28.8. The van der Waals surface area contributed by atoms with Gasteiger partial charge in [-0.15, -0.1) is 0 Å². The summed E-state index contributed by atoms with van der Waals surface area (Å²) in [6.07, 6.45) is 3.07. The molecule has 0 bridgehead atoms. The number of hydrogen-bond acceptors (Lipinski definition) is 3. The van der Waals surface area contributed by atoms with Crippen LogP contribution >= 0.6 is 15.9 Å². The van der Waals surface area contributed by atoms with Crippen LogP contribution in [0.25, 0.3) is 0 Å². The Morgan fingerprint density at radius 2 is 1.61 bits per heavy atom. The molecule has 1 heterocycles. The highest BCUT2D eigenvalue weighted by Gasteiger charge is 2.29. The molecule has 0 aromatic heterocycles. The molecule has 1 fully saturated rings. The Morgan fingerprint density at radius 1 is 1.00 bits per heavy atom. The number of aryl methyl sites for hydroxylation is 1. The van der Waals surface area contributed by atoms with E-state index in [1.165, 1.54) is 4.31 Å². The standard InChI is InChI=1S/C21H25BrN2O3S/c1-17-5-11-20(12-6-17)28(26,27)24(15-18-7-9-19(22)10-8-18)16-21(25)23-13-3-2-4-14-23/h5-12H,2-4,13-16H2,1H3. The molecule has 0 radical (unpaired) electrons. The van der Waals surface area contributed by atoms with Crippen molar-refractivity contribution < 1.29 is 13.2 Å². The topological polar surface area (TPSA) is 57.7 Å². The number of benzene rings is 2. The summed E-state index contributed by atoms with van der Waals surface area (Å²) in [5.74, 6) is -0.132. The molecule has 0 aliphatic carbocycles. The van der Waals surface area contributed by atoms with E-state index in [4.69, 9.17) is 0 Å². The molecule has 0 N–H and O–H groups in total. The summed E-state index contributed by atoms with van der Waals surface area (Å²) in [5.41, 5.74) is 1.83. The van der Waals surface area contributed by atoms with E-state index < -0.39 is 10.0 Å². The SMILES string of the molecule is Cc1ccc(S(=O)(=O)N(CC(=O)N2CCCCC2)Cc2ccc(Br)cc2)cc1. The Hall–Kier alpha value is -1.70. The van der Waals surface area contributed by atoms with Gasteiger partial charge < -0.3 is 4.90 Å². The van der Waals surface area contributed by atoms with E-state index >= 15 is 0 Å². The predicted octanol–water partition coefficient (Wildman–Crippen LogP) is 3.96. The maximum atomic E-state index is 13.3. The number of carbonyl (C=O) groups excluding carboxylic acids is 1. The van der Waals surface area contributed by atoms with Gasteiger partial charge in [0.25, 0.3) is 0 Å². The monoisotopic (exact) mass is 464 g/mol. The lowest BCUT2D eigenvalue weighted by atomic mass is 10.1. The second-order valence-electron chi connectivity index (χ2n) is 7.15. The van der Waals surface area contributed by atoms with Crippen molar-refractivity contribution >= 4 is 31.9 Å². The number of nitrogens with zero attached hydrogens (tertiary/aromatic N) is 2. The molecule has 1 aliphatic heterocycles. The first-order valence-corrected chi connectivity index (χ1v) is 11.7. The second kappa shape index (κ2) is 9.20. The van der Waals surface area contributed by atoms with E-state index in [1.807, 2.05) is 31.2 Å². The van der Waals surface area contributed by atoms with Crippen molar-refractivity contribution in [2.45, 2.75) is 37.6 Å². The van der Waals surface area contributed by atoms with E-state index in [1.54, 1.807) is 29.2 Å². The number of sulfonamides is 1. The zero-order chi connectivity index (χ0) is 20.1. The molecular formula is C21H25BrN2O3S. The van der Waals surface area contributed by atoms with Crippen LogP contribution in [0.2, 0.25) is 0 Å². The zero-order valence-electron chi connectivity index (χ0n) is 16.0. The third-order valence-electron chi connectivity index (χ3n) is 4.95. The van der Waals surface area contributed by atoms with Gasteiger partial charge in [-0.2, -0.15) is 4.31 Å². The van der Waals surface area contributed by atoms with Crippen molar-refractivity contribution in [3.05, 3.63) is 64.1 Å². The summed E-state index contributed by atoms with van der Waals surface area (Å²) in [4.78, 5) is 14.8. The van der Waals surface area contributed by atoms with Gasteiger partial charge in [-0.1, -0.05) is 45.8 Å². The Labute approximate surface area is 175 Å². The predicted molar refractivity (Wildman–Crippen MR) is 113 cm³/mol. The number of carbonyl (C=O) groups is 1. The minimum absolute atomic E-state index is 0.132. The fraction of sp³-hybridized carbons (Fsp3) is 0.381. The van der Waals surface area contributed by atoms with Gasteiger partial charge in [-0.3, -0.25) is 4.79 Å². The number of hydrogen-bond donors (Lipinski definition) is 0. The molecule has 0 unspecified atom stereocenters. The molecule has 1 saturated heterocycles. The van der Waals surface area contributed by atoms with E-state index in [-0.39, 0.29) is 23.9 Å². The molecule has 28 heavy (non-hydrogen) atoms. The molecule has 1 aliphatic rings. The minimum Gasteiger partial charge on any atom is -0.342 e. The first-order chi connectivity index (χ1) is 13.4. The van der Waals surface area contributed by atoms with Crippen LogP contribution in [0.15, 0.2) is 57.9 Å². The van der Waals surface area contributed by atoms with Gasteiger partial charge in [-0.25, -0.2) is 8.42 Å². The smallest absolute Gasteiger partial charge is 0.243 e. The van der Waals surface area contributed by atoms with Crippen LogP contribution in [0.5, 0.6) is 0 Å². The average Bonchev–Trinajstić information content (AvgIpc) is 2.70. The lowest BCUT2D eigenvalue weighted by Gasteiger charge is -2.29. The van der Waals surface area contributed by atoms with E-state index in [0.717, 1.165) is 34.9 Å². The molecular weight excluding hydrogens is 440 g/mol. The first-order valence-electron chi connectivity index (χ1n) is 9.45. The summed E-state index contributed by atoms with van der Waals surface area (Å²) in [6, 6.07) is 14.2. The van der Waals surface area contributed by atoms with Gasteiger partial charge >= 0.3 is 0 Å². The van der Waals surface area contributed by atoms with Crippen LogP contribution in [0.4, 0.5) is 0 Å². The Bertz CT molecular complexity index is 906. The Balaban J connectivity index is 1.87. The molecule has 7 heteroatoms. The molecule has 1 amide bonds. The number of rotatable bonds is 6.